The number of carbonyl (C=O) groups is 1. The number of thiazole rings is 1. The second kappa shape index (κ2) is 12.3. The molecule has 0 fully saturated rings. The quantitative estimate of drug-likeness (QED) is 0.153. The van der Waals surface area contributed by atoms with Gasteiger partial charge in [-0.25, -0.2) is 9.98 Å². The number of amides is 1. The fourth-order valence-corrected chi connectivity index (χ4v) is 6.94. The zero-order valence-corrected chi connectivity index (χ0v) is 25.5. The van der Waals surface area contributed by atoms with Crippen LogP contribution in [0.4, 0.5) is 11.4 Å². The largest absolute Gasteiger partial charge is 0.322 e. The summed E-state index contributed by atoms with van der Waals surface area (Å²) >= 11 is 2.24. The number of anilines is 1. The van der Waals surface area contributed by atoms with E-state index in [-0.39, 0.29) is 21.7 Å². The number of benzene rings is 3. The van der Waals surface area contributed by atoms with Crippen LogP contribution in [0.3, 0.4) is 0 Å². The van der Waals surface area contributed by atoms with E-state index in [1.54, 1.807) is 38.1 Å². The summed E-state index contributed by atoms with van der Waals surface area (Å²) in [6.45, 7) is 3.42. The Hall–Kier alpha value is -5.40. The minimum atomic E-state index is -0.770. The van der Waals surface area contributed by atoms with E-state index in [0.717, 1.165) is 28.7 Å². The lowest BCUT2D eigenvalue weighted by Gasteiger charge is -2.25. The maximum absolute atomic E-state index is 14.1. The Bertz CT molecular complexity index is 2240. The van der Waals surface area contributed by atoms with E-state index in [9.17, 15) is 24.5 Å². The lowest BCUT2D eigenvalue weighted by molar-refractivity contribution is -0.384. The molecule has 1 aliphatic rings. The van der Waals surface area contributed by atoms with Gasteiger partial charge in [-0.15, -0.1) is 0 Å². The third-order valence-electron chi connectivity index (χ3n) is 6.96. The minimum absolute atomic E-state index is 0.165. The third kappa shape index (κ3) is 6.16. The number of fused-ring (bicyclic) bond motifs is 1. The molecular weight excluding hydrogens is 613 g/mol. The van der Waals surface area contributed by atoms with Gasteiger partial charge in [0.25, 0.3) is 22.7 Å². The van der Waals surface area contributed by atoms with Crippen molar-refractivity contribution in [2.45, 2.75) is 29.9 Å². The van der Waals surface area contributed by atoms with Crippen LogP contribution in [0.1, 0.15) is 29.8 Å². The summed E-state index contributed by atoms with van der Waals surface area (Å²) in [6, 6.07) is 23.1. The molecule has 0 saturated heterocycles. The van der Waals surface area contributed by atoms with Gasteiger partial charge in [0.15, 0.2) is 9.96 Å². The number of nitro groups is 1. The van der Waals surface area contributed by atoms with Gasteiger partial charge in [0.2, 0.25) is 0 Å². The van der Waals surface area contributed by atoms with Crippen LogP contribution in [0.25, 0.3) is 6.08 Å². The van der Waals surface area contributed by atoms with E-state index in [4.69, 9.17) is 0 Å². The third-order valence-corrected chi connectivity index (χ3v) is 8.92. The molecule has 1 atom stereocenters. The van der Waals surface area contributed by atoms with Gasteiger partial charge in [-0.05, 0) is 49.2 Å². The Morgan fingerprint density at radius 2 is 1.76 bits per heavy atom. The van der Waals surface area contributed by atoms with Crippen molar-refractivity contribution < 1.29 is 9.72 Å². The number of para-hydroxylation sites is 1. The molecule has 0 aliphatic carbocycles. The van der Waals surface area contributed by atoms with Crippen molar-refractivity contribution in [3.05, 3.63) is 153 Å². The van der Waals surface area contributed by atoms with E-state index >= 15 is 0 Å². The molecule has 0 radical (unpaired) electrons. The van der Waals surface area contributed by atoms with Crippen LogP contribution in [0.15, 0.2) is 121 Å². The highest BCUT2D eigenvalue weighted by Crippen LogP contribution is 2.32. The SMILES string of the molecule is CC1=C(C(=O)Nc2ccccc2)[C@H](c2ccccc2)n2c(s/c(=C/c3cc([N+](=O)[O-])ccc3Sc3nc(C)cc(=O)[nH]3)c2=O)=N1. The van der Waals surface area contributed by atoms with Crippen LogP contribution < -0.4 is 25.8 Å². The van der Waals surface area contributed by atoms with E-state index in [2.05, 4.69) is 20.3 Å². The number of hydrogen-bond donors (Lipinski definition) is 2. The van der Waals surface area contributed by atoms with Crippen LogP contribution in [-0.4, -0.2) is 25.4 Å². The van der Waals surface area contributed by atoms with Crippen LogP contribution in [-0.2, 0) is 4.79 Å². The molecular formula is C32H24N6O5S2. The normalized spacial score (nSPS) is 14.5. The molecule has 11 nitrogen and oxygen atoms in total. The number of rotatable bonds is 7. The highest BCUT2D eigenvalue weighted by atomic mass is 32.2. The number of aromatic nitrogens is 3. The predicted molar refractivity (Wildman–Crippen MR) is 172 cm³/mol. The standard InChI is InChI=1S/C32H24N6O5S2/c1-18-15-26(39)36-31(33-18)44-24-14-13-23(38(42)43)16-21(24)17-25-30(41)37-28(20-9-5-3-6-10-20)27(19(2)34-32(37)45-25)29(40)35-22-11-7-4-8-12-22/h3-17,28H,1-2H3,(H,35,40)(H,33,36,39)/b25-17+/t28-/m0/s1. The molecule has 1 amide bonds. The molecule has 13 heteroatoms. The summed E-state index contributed by atoms with van der Waals surface area (Å²) in [4.78, 5) is 63.6. The van der Waals surface area contributed by atoms with Gasteiger partial charge in [0.05, 0.1) is 26.8 Å². The molecule has 2 aromatic heterocycles. The summed E-state index contributed by atoms with van der Waals surface area (Å²) in [5.41, 5.74) is 2.11. The lowest BCUT2D eigenvalue weighted by Crippen LogP contribution is -2.40. The number of allylic oxidation sites excluding steroid dienone is 1. The van der Waals surface area contributed by atoms with Crippen molar-refractivity contribution in [1.82, 2.24) is 14.5 Å². The average molecular weight is 637 g/mol. The van der Waals surface area contributed by atoms with Crippen molar-refractivity contribution in [2.24, 2.45) is 4.99 Å². The van der Waals surface area contributed by atoms with Crippen molar-refractivity contribution >= 4 is 46.5 Å². The number of nitrogens with one attached hydrogen (secondary N) is 2. The summed E-state index contributed by atoms with van der Waals surface area (Å²) in [6.07, 6.45) is 1.57. The molecule has 0 spiro atoms. The first kappa shape index (κ1) is 29.7. The number of non-ortho nitro benzene ring substituents is 1. The van der Waals surface area contributed by atoms with Gasteiger partial charge in [-0.3, -0.25) is 29.1 Å². The first-order valence-corrected chi connectivity index (χ1v) is 15.3. The molecule has 0 unspecified atom stereocenters. The molecule has 45 heavy (non-hydrogen) atoms. The number of H-pyrrole nitrogens is 1. The molecule has 224 valence electrons. The molecule has 2 N–H and O–H groups in total. The predicted octanol–water partition coefficient (Wildman–Crippen LogP) is 4.33. The van der Waals surface area contributed by atoms with Gasteiger partial charge in [0.1, 0.15) is 0 Å². The van der Waals surface area contributed by atoms with E-state index < -0.39 is 16.5 Å². The zero-order chi connectivity index (χ0) is 31.7. The summed E-state index contributed by atoms with van der Waals surface area (Å²) in [5.74, 6) is -0.386. The average Bonchev–Trinajstić information content (AvgIpc) is 3.31. The van der Waals surface area contributed by atoms with Crippen molar-refractivity contribution in [3.8, 4) is 0 Å². The van der Waals surface area contributed by atoms with E-state index in [1.807, 2.05) is 48.5 Å². The molecule has 6 rings (SSSR count). The van der Waals surface area contributed by atoms with E-state index in [0.29, 0.717) is 43.1 Å². The van der Waals surface area contributed by atoms with E-state index in [1.165, 1.54) is 22.8 Å². The number of nitrogens with zero attached hydrogens (tertiary/aromatic N) is 4. The van der Waals surface area contributed by atoms with Gasteiger partial charge in [-0.1, -0.05) is 71.6 Å². The Labute approximate surface area is 263 Å². The molecule has 3 aromatic carbocycles. The molecule has 0 bridgehead atoms. The van der Waals surface area contributed by atoms with Crippen LogP contribution in [0, 0.1) is 17.0 Å². The Morgan fingerprint density at radius 1 is 1.04 bits per heavy atom. The maximum atomic E-state index is 14.1. The second-order valence-corrected chi connectivity index (χ2v) is 12.1. The lowest BCUT2D eigenvalue weighted by atomic mass is 9.95. The number of carbonyl (C=O) groups excluding carboxylic acids is 1. The zero-order valence-electron chi connectivity index (χ0n) is 23.9. The molecule has 3 heterocycles. The topological polar surface area (TPSA) is 152 Å². The fourth-order valence-electron chi connectivity index (χ4n) is 4.98. The molecule has 0 saturated carbocycles. The molecule has 5 aromatic rings. The number of aryl methyl sites for hydroxylation is 1. The first-order valence-electron chi connectivity index (χ1n) is 13.7. The first-order chi connectivity index (χ1) is 21.7. The minimum Gasteiger partial charge on any atom is -0.322 e. The van der Waals surface area contributed by atoms with Gasteiger partial charge < -0.3 is 10.3 Å². The maximum Gasteiger partial charge on any atom is 0.271 e. The number of aromatic amines is 1. The van der Waals surface area contributed by atoms with Crippen LogP contribution in [0.2, 0.25) is 0 Å². The highest BCUT2D eigenvalue weighted by molar-refractivity contribution is 7.99. The van der Waals surface area contributed by atoms with Crippen molar-refractivity contribution in [2.75, 3.05) is 5.32 Å². The van der Waals surface area contributed by atoms with Crippen molar-refractivity contribution in [1.29, 1.82) is 0 Å². The van der Waals surface area contributed by atoms with Crippen LogP contribution in [0.5, 0.6) is 0 Å². The Morgan fingerprint density at radius 3 is 2.44 bits per heavy atom. The number of nitro benzene ring substituents is 1. The second-order valence-electron chi connectivity index (χ2n) is 10.1. The van der Waals surface area contributed by atoms with Crippen LogP contribution >= 0.6 is 23.1 Å². The summed E-state index contributed by atoms with van der Waals surface area (Å²) in [7, 11) is 0. The van der Waals surface area contributed by atoms with Gasteiger partial charge in [0, 0.05) is 34.5 Å². The van der Waals surface area contributed by atoms with Gasteiger partial charge in [-0.2, -0.15) is 0 Å². The fraction of sp³-hybridized carbons (Fsp3) is 0.0938. The Kier molecular flexibility index (Phi) is 8.11. The van der Waals surface area contributed by atoms with Gasteiger partial charge >= 0.3 is 0 Å². The monoisotopic (exact) mass is 636 g/mol. The number of hydrogen-bond acceptors (Lipinski definition) is 9. The summed E-state index contributed by atoms with van der Waals surface area (Å²) < 4.78 is 1.75. The smallest absolute Gasteiger partial charge is 0.271 e. The van der Waals surface area contributed by atoms with Crippen molar-refractivity contribution in [3.63, 3.8) is 0 Å². The highest BCUT2D eigenvalue weighted by Gasteiger charge is 2.32. The Balaban J connectivity index is 1.50. The summed E-state index contributed by atoms with van der Waals surface area (Å²) in [5, 5.41) is 14.9. The molecule has 1 aliphatic heterocycles.